The largest absolute Gasteiger partial charge is 0.494 e. The molecular formula is C20H24N4O3. The molecule has 0 fully saturated rings. The molecule has 0 radical (unpaired) electrons. The molecule has 1 aliphatic heterocycles. The highest BCUT2D eigenvalue weighted by Crippen LogP contribution is 2.39. The molecule has 3 heterocycles. The zero-order valence-electron chi connectivity index (χ0n) is 15.7. The van der Waals surface area contributed by atoms with Crippen LogP contribution < -0.4 is 11.2 Å². The lowest BCUT2D eigenvalue weighted by molar-refractivity contribution is 0.248. The number of hydrogen-bond acceptors (Lipinski definition) is 4. The number of aromatic hydroxyl groups is 1. The summed E-state index contributed by atoms with van der Waals surface area (Å²) in [5, 5.41) is 12.1. The average molecular weight is 368 g/mol. The van der Waals surface area contributed by atoms with Crippen LogP contribution in [0.1, 0.15) is 49.2 Å². The van der Waals surface area contributed by atoms with Gasteiger partial charge < -0.3 is 10.1 Å². The first-order chi connectivity index (χ1) is 12.9. The topological polar surface area (TPSA) is 94.1 Å². The fourth-order valence-corrected chi connectivity index (χ4v) is 4.12. The Bertz CT molecular complexity index is 1120. The van der Waals surface area contributed by atoms with Gasteiger partial charge in [0.1, 0.15) is 5.56 Å². The Balaban J connectivity index is 2.00. The van der Waals surface area contributed by atoms with Crippen molar-refractivity contribution in [3.8, 4) is 5.88 Å². The van der Waals surface area contributed by atoms with E-state index >= 15 is 0 Å². The van der Waals surface area contributed by atoms with Gasteiger partial charge >= 0.3 is 5.69 Å². The minimum Gasteiger partial charge on any atom is -0.494 e. The summed E-state index contributed by atoms with van der Waals surface area (Å²) >= 11 is 0. The first kappa shape index (κ1) is 17.6. The van der Waals surface area contributed by atoms with E-state index in [0.29, 0.717) is 6.42 Å². The summed E-state index contributed by atoms with van der Waals surface area (Å²) in [6, 6.07) is 7.38. The van der Waals surface area contributed by atoms with Crippen LogP contribution in [0.3, 0.4) is 0 Å². The predicted octanol–water partition coefficient (Wildman–Crippen LogP) is 2.27. The van der Waals surface area contributed by atoms with Gasteiger partial charge in [-0.25, -0.2) is 4.79 Å². The van der Waals surface area contributed by atoms with Crippen LogP contribution in [0, 0.1) is 0 Å². The average Bonchev–Trinajstić information content (AvgIpc) is 3.01. The number of likely N-dealkylation sites (N-methyl/N-ethyl adjacent to an activating group) is 1. The molecule has 142 valence electrons. The molecule has 0 aliphatic carbocycles. The summed E-state index contributed by atoms with van der Waals surface area (Å²) in [6.07, 6.45) is 1.52. The van der Waals surface area contributed by atoms with Crippen molar-refractivity contribution in [3.63, 3.8) is 0 Å². The molecule has 4 rings (SSSR count). The number of H-pyrrole nitrogens is 2. The maximum absolute atomic E-state index is 12.7. The Morgan fingerprint density at radius 2 is 2.00 bits per heavy atom. The minimum atomic E-state index is -0.578. The third-order valence-corrected chi connectivity index (χ3v) is 5.73. The van der Waals surface area contributed by atoms with Crippen LogP contribution in [0.25, 0.3) is 10.9 Å². The van der Waals surface area contributed by atoms with Gasteiger partial charge in [0, 0.05) is 29.2 Å². The number of para-hydroxylation sites is 1. The van der Waals surface area contributed by atoms with Crippen LogP contribution in [-0.2, 0) is 6.42 Å². The van der Waals surface area contributed by atoms with Crippen LogP contribution in [0.2, 0.25) is 0 Å². The number of hydrogen-bond donors (Lipinski definition) is 3. The Hall–Kier alpha value is -2.80. The highest BCUT2D eigenvalue weighted by molar-refractivity contribution is 5.85. The number of rotatable bonds is 3. The Kier molecular flexibility index (Phi) is 4.19. The lowest BCUT2D eigenvalue weighted by atomic mass is 9.93. The standard InChI is InChI=1S/C20H24N4O3/c1-4-11(2)24-19(26)15(18(25)22-20(24)27)17-16-13(9-10-23(17)3)12-7-5-6-8-14(12)21-16/h5-8,11,17,21,26H,4,9-10H2,1-3H3,(H,22,25,27)/t11-,17+/m0/s1. The molecule has 0 spiro atoms. The number of aromatic amines is 2. The van der Waals surface area contributed by atoms with Crippen LogP contribution in [0.5, 0.6) is 5.88 Å². The quantitative estimate of drug-likeness (QED) is 0.661. The molecule has 0 saturated heterocycles. The van der Waals surface area contributed by atoms with Gasteiger partial charge in [-0.1, -0.05) is 25.1 Å². The number of aromatic nitrogens is 3. The molecule has 2 atom stereocenters. The van der Waals surface area contributed by atoms with Crippen LogP contribution in [-0.4, -0.2) is 38.1 Å². The van der Waals surface area contributed by atoms with E-state index in [-0.39, 0.29) is 17.5 Å². The summed E-state index contributed by atoms with van der Waals surface area (Å²) in [5.74, 6) is -0.249. The molecule has 7 nitrogen and oxygen atoms in total. The number of fused-ring (bicyclic) bond motifs is 3. The second-order valence-electron chi connectivity index (χ2n) is 7.32. The maximum Gasteiger partial charge on any atom is 0.331 e. The fourth-order valence-electron chi connectivity index (χ4n) is 4.12. The van der Waals surface area contributed by atoms with Crippen molar-refractivity contribution in [2.45, 2.75) is 38.8 Å². The van der Waals surface area contributed by atoms with Gasteiger partial charge in [0.2, 0.25) is 5.88 Å². The van der Waals surface area contributed by atoms with Crippen LogP contribution in [0.4, 0.5) is 0 Å². The lowest BCUT2D eigenvalue weighted by Gasteiger charge is -2.33. The zero-order valence-corrected chi connectivity index (χ0v) is 15.7. The third-order valence-electron chi connectivity index (χ3n) is 5.73. The van der Waals surface area contributed by atoms with Crippen molar-refractivity contribution in [2.24, 2.45) is 0 Å². The number of nitrogens with one attached hydrogen (secondary N) is 2. The molecule has 1 aromatic carbocycles. The molecule has 2 aromatic heterocycles. The van der Waals surface area contributed by atoms with E-state index in [1.807, 2.05) is 44.0 Å². The van der Waals surface area contributed by atoms with Crippen LogP contribution in [0.15, 0.2) is 33.9 Å². The molecule has 27 heavy (non-hydrogen) atoms. The lowest BCUT2D eigenvalue weighted by Crippen LogP contribution is -2.40. The molecule has 0 bridgehead atoms. The van der Waals surface area contributed by atoms with E-state index < -0.39 is 17.3 Å². The summed E-state index contributed by atoms with van der Waals surface area (Å²) in [7, 11) is 1.93. The second kappa shape index (κ2) is 6.42. The van der Waals surface area contributed by atoms with Crippen molar-refractivity contribution in [3.05, 3.63) is 61.9 Å². The molecular weight excluding hydrogens is 344 g/mol. The van der Waals surface area contributed by atoms with Gasteiger partial charge in [0.05, 0.1) is 6.04 Å². The van der Waals surface area contributed by atoms with Gasteiger partial charge in [-0.3, -0.25) is 19.2 Å². The molecule has 7 heteroatoms. The van der Waals surface area contributed by atoms with Crippen molar-refractivity contribution >= 4 is 10.9 Å². The summed E-state index contributed by atoms with van der Waals surface area (Å²) in [5.41, 5.74) is 2.17. The third kappa shape index (κ3) is 2.61. The summed E-state index contributed by atoms with van der Waals surface area (Å²) in [4.78, 5) is 32.9. The van der Waals surface area contributed by atoms with Crippen molar-refractivity contribution in [1.82, 2.24) is 19.4 Å². The van der Waals surface area contributed by atoms with E-state index in [4.69, 9.17) is 0 Å². The normalized spacial score (nSPS) is 18.6. The SMILES string of the molecule is CC[C@H](C)n1c(O)c([C@@H]2c3[nH]c4ccccc4c3CCN2C)c(=O)[nH]c1=O. The molecule has 3 N–H and O–H groups in total. The van der Waals surface area contributed by atoms with E-state index in [1.165, 1.54) is 4.57 Å². The zero-order chi connectivity index (χ0) is 19.3. The smallest absolute Gasteiger partial charge is 0.331 e. The molecule has 1 aliphatic rings. The molecule has 0 unspecified atom stereocenters. The number of nitrogens with zero attached hydrogens (tertiary/aromatic N) is 2. The molecule has 0 saturated carbocycles. The van der Waals surface area contributed by atoms with E-state index in [0.717, 1.165) is 35.1 Å². The van der Waals surface area contributed by atoms with Crippen LogP contribution >= 0.6 is 0 Å². The summed E-state index contributed by atoms with van der Waals surface area (Å²) < 4.78 is 1.28. The monoisotopic (exact) mass is 368 g/mol. The van der Waals surface area contributed by atoms with Gasteiger partial charge in [-0.2, -0.15) is 0 Å². The van der Waals surface area contributed by atoms with Crippen molar-refractivity contribution < 1.29 is 5.11 Å². The molecule has 3 aromatic rings. The molecule has 0 amide bonds. The Morgan fingerprint density at radius 1 is 1.26 bits per heavy atom. The number of benzene rings is 1. The van der Waals surface area contributed by atoms with Gasteiger partial charge in [-0.15, -0.1) is 0 Å². The predicted molar refractivity (Wildman–Crippen MR) is 104 cm³/mol. The van der Waals surface area contributed by atoms with Gasteiger partial charge in [-0.05, 0) is 38.4 Å². The summed E-state index contributed by atoms with van der Waals surface area (Å²) in [6.45, 7) is 4.53. The Labute approximate surface area is 156 Å². The highest BCUT2D eigenvalue weighted by atomic mass is 16.3. The van der Waals surface area contributed by atoms with Gasteiger partial charge in [0.15, 0.2) is 0 Å². The van der Waals surface area contributed by atoms with E-state index in [2.05, 4.69) is 16.0 Å². The van der Waals surface area contributed by atoms with E-state index in [1.54, 1.807) is 0 Å². The fraction of sp³-hybridized carbons (Fsp3) is 0.400. The first-order valence-corrected chi connectivity index (χ1v) is 9.31. The maximum atomic E-state index is 12.7. The van der Waals surface area contributed by atoms with Gasteiger partial charge in [0.25, 0.3) is 5.56 Å². The first-order valence-electron chi connectivity index (χ1n) is 9.31. The van der Waals surface area contributed by atoms with E-state index in [9.17, 15) is 14.7 Å². The second-order valence-corrected chi connectivity index (χ2v) is 7.32. The minimum absolute atomic E-state index is 0.213. The Morgan fingerprint density at radius 3 is 2.74 bits per heavy atom. The highest BCUT2D eigenvalue weighted by Gasteiger charge is 2.34. The van der Waals surface area contributed by atoms with Crippen molar-refractivity contribution in [1.29, 1.82) is 0 Å². The van der Waals surface area contributed by atoms with Crippen molar-refractivity contribution in [2.75, 3.05) is 13.6 Å².